The first-order valence-corrected chi connectivity index (χ1v) is 10.2. The van der Waals surface area contributed by atoms with Gasteiger partial charge in [0, 0.05) is 25.2 Å². The van der Waals surface area contributed by atoms with Gasteiger partial charge in [-0.25, -0.2) is 4.79 Å². The van der Waals surface area contributed by atoms with E-state index in [9.17, 15) is 4.79 Å². The molecule has 1 unspecified atom stereocenters. The molecule has 0 spiro atoms. The number of nitrogens with one attached hydrogen (secondary N) is 1. The van der Waals surface area contributed by atoms with Crippen LogP contribution in [0, 0.1) is 0 Å². The molecule has 1 heterocycles. The Kier molecular flexibility index (Phi) is 7.25. The number of allylic oxidation sites excluding steroid dienone is 1. The molecule has 0 saturated carbocycles. The molecular formula is C25H30N2O2. The van der Waals surface area contributed by atoms with E-state index in [0.29, 0.717) is 13.2 Å². The highest BCUT2D eigenvalue weighted by Crippen LogP contribution is 2.16. The van der Waals surface area contributed by atoms with Gasteiger partial charge in [0.1, 0.15) is 6.61 Å². The average Bonchev–Trinajstić information content (AvgIpc) is 2.74. The molecule has 1 amide bonds. The third-order valence-electron chi connectivity index (χ3n) is 5.35. The summed E-state index contributed by atoms with van der Waals surface area (Å²) >= 11 is 0. The van der Waals surface area contributed by atoms with E-state index < -0.39 is 0 Å². The molecule has 1 N–H and O–H groups in total. The second-order valence-corrected chi connectivity index (χ2v) is 7.54. The maximum Gasteiger partial charge on any atom is 0.410 e. The second kappa shape index (κ2) is 10.1. The Morgan fingerprint density at radius 2 is 2.07 bits per heavy atom. The molecule has 0 radical (unpaired) electrons. The Morgan fingerprint density at radius 3 is 2.83 bits per heavy atom. The molecular weight excluding hydrogens is 360 g/mol. The minimum Gasteiger partial charge on any atom is -0.445 e. The van der Waals surface area contributed by atoms with Crippen molar-refractivity contribution in [2.24, 2.45) is 0 Å². The quantitative estimate of drug-likeness (QED) is 0.821. The number of carbonyl (C=O) groups excluding carboxylic acids is 1. The molecule has 3 rings (SSSR count). The molecule has 0 aliphatic carbocycles. The van der Waals surface area contributed by atoms with Crippen molar-refractivity contribution in [1.29, 1.82) is 0 Å². The lowest BCUT2D eigenvalue weighted by molar-refractivity contribution is 0.0823. The average molecular weight is 391 g/mol. The van der Waals surface area contributed by atoms with Crippen LogP contribution in [0.1, 0.15) is 36.9 Å². The molecule has 0 bridgehead atoms. The van der Waals surface area contributed by atoms with Gasteiger partial charge in [-0.05, 0) is 41.3 Å². The molecule has 0 aromatic heterocycles. The Labute approximate surface area is 173 Å². The summed E-state index contributed by atoms with van der Waals surface area (Å²) in [4.78, 5) is 14.3. The van der Waals surface area contributed by atoms with E-state index in [4.69, 9.17) is 4.74 Å². The van der Waals surface area contributed by atoms with Gasteiger partial charge in [0.05, 0.1) is 0 Å². The molecule has 1 aliphatic heterocycles. The molecule has 2 aromatic carbocycles. The van der Waals surface area contributed by atoms with Gasteiger partial charge in [-0.15, -0.1) is 0 Å². The van der Waals surface area contributed by atoms with E-state index in [0.717, 1.165) is 35.4 Å². The number of rotatable bonds is 6. The van der Waals surface area contributed by atoms with Gasteiger partial charge in [0.15, 0.2) is 0 Å². The highest BCUT2D eigenvalue weighted by molar-refractivity contribution is 5.67. The smallest absolute Gasteiger partial charge is 0.410 e. The molecule has 2 atom stereocenters. The number of amides is 1. The van der Waals surface area contributed by atoms with Gasteiger partial charge in [-0.3, -0.25) is 0 Å². The van der Waals surface area contributed by atoms with Gasteiger partial charge in [-0.1, -0.05) is 73.8 Å². The lowest BCUT2D eigenvalue weighted by Crippen LogP contribution is -2.49. The van der Waals surface area contributed by atoms with Crippen molar-refractivity contribution in [2.75, 3.05) is 13.1 Å². The lowest BCUT2D eigenvalue weighted by atomic mass is 10.00. The van der Waals surface area contributed by atoms with Gasteiger partial charge >= 0.3 is 6.09 Å². The number of nitrogens with zero attached hydrogens (tertiary/aromatic N) is 1. The fourth-order valence-corrected chi connectivity index (χ4v) is 3.86. The Hall–Kier alpha value is -2.85. The zero-order valence-electron chi connectivity index (χ0n) is 17.1. The van der Waals surface area contributed by atoms with Crippen LogP contribution in [0.25, 0.3) is 12.7 Å². The third-order valence-corrected chi connectivity index (χ3v) is 5.35. The van der Waals surface area contributed by atoms with E-state index in [1.165, 1.54) is 5.56 Å². The number of hydrogen-bond donors (Lipinski definition) is 1. The minimum absolute atomic E-state index is 0.146. The van der Waals surface area contributed by atoms with Crippen LogP contribution in [0.15, 0.2) is 61.2 Å². The predicted octanol–water partition coefficient (Wildman–Crippen LogP) is 3.52. The fourth-order valence-electron chi connectivity index (χ4n) is 3.86. The van der Waals surface area contributed by atoms with Crippen LogP contribution in [-0.4, -0.2) is 30.1 Å². The number of benzene rings is 2. The van der Waals surface area contributed by atoms with Crippen LogP contribution in [0.5, 0.6) is 0 Å². The first-order valence-electron chi connectivity index (χ1n) is 10.2. The molecule has 1 fully saturated rings. The summed E-state index contributed by atoms with van der Waals surface area (Å²) in [6.45, 7) is 11.8. The standard InChI is InChI=1S/C25H30N2O2/c1-4-10-23-19(2)11-8-15-24(23)20(3)26-22-14-9-16-27(17-22)25(28)29-18-21-12-6-5-7-13-21/h4-8,10-13,15,20,22,26H,1-2,9,14,16-18H2,3H3/b23-10+/t20-,22?/m1/s1. The normalized spacial score (nSPS) is 18.3. The second-order valence-electron chi connectivity index (χ2n) is 7.54. The Morgan fingerprint density at radius 1 is 1.28 bits per heavy atom. The highest BCUT2D eigenvalue weighted by Gasteiger charge is 2.26. The Balaban J connectivity index is 1.60. The van der Waals surface area contributed by atoms with Crippen LogP contribution in [0.2, 0.25) is 0 Å². The first-order chi connectivity index (χ1) is 14.1. The number of piperidine rings is 1. The van der Waals surface area contributed by atoms with Gasteiger partial charge in [0.2, 0.25) is 0 Å². The SMILES string of the molecule is C=C/C=c1/c([C@@H](C)NC2CCCN(C(=O)OCc3ccccc3)C2)cccc1=C. The molecule has 4 heteroatoms. The van der Waals surface area contributed by atoms with Crippen LogP contribution in [-0.2, 0) is 11.3 Å². The molecule has 1 aliphatic rings. The zero-order chi connectivity index (χ0) is 20.6. The fraction of sp³-hybridized carbons (Fsp3) is 0.320. The van der Waals surface area contributed by atoms with E-state index in [2.05, 4.69) is 31.5 Å². The monoisotopic (exact) mass is 390 g/mol. The van der Waals surface area contributed by atoms with Gasteiger partial charge < -0.3 is 15.0 Å². The van der Waals surface area contributed by atoms with Crippen molar-refractivity contribution in [2.45, 2.75) is 38.5 Å². The van der Waals surface area contributed by atoms with Crippen molar-refractivity contribution < 1.29 is 9.53 Å². The third kappa shape index (κ3) is 5.58. The maximum absolute atomic E-state index is 12.5. The summed E-state index contributed by atoms with van der Waals surface area (Å²) in [5, 5.41) is 5.79. The van der Waals surface area contributed by atoms with E-state index >= 15 is 0 Å². The van der Waals surface area contributed by atoms with E-state index in [1.54, 1.807) is 6.08 Å². The minimum atomic E-state index is -0.242. The summed E-state index contributed by atoms with van der Waals surface area (Å²) in [5.74, 6) is 0. The highest BCUT2D eigenvalue weighted by atomic mass is 16.6. The van der Waals surface area contributed by atoms with E-state index in [-0.39, 0.29) is 18.2 Å². The van der Waals surface area contributed by atoms with Crippen LogP contribution in [0.4, 0.5) is 4.79 Å². The molecule has 2 aromatic rings. The van der Waals surface area contributed by atoms with E-state index in [1.807, 2.05) is 53.4 Å². The molecule has 4 nitrogen and oxygen atoms in total. The van der Waals surface area contributed by atoms with Gasteiger partial charge in [-0.2, -0.15) is 0 Å². The van der Waals surface area contributed by atoms with Crippen molar-refractivity contribution >= 4 is 18.7 Å². The zero-order valence-corrected chi connectivity index (χ0v) is 17.1. The van der Waals surface area contributed by atoms with Crippen LogP contribution in [0.3, 0.4) is 0 Å². The van der Waals surface area contributed by atoms with Crippen molar-refractivity contribution in [1.82, 2.24) is 10.2 Å². The van der Waals surface area contributed by atoms with Crippen molar-refractivity contribution in [3.63, 3.8) is 0 Å². The number of hydrogen-bond acceptors (Lipinski definition) is 3. The van der Waals surface area contributed by atoms with Crippen molar-refractivity contribution in [3.8, 4) is 0 Å². The topological polar surface area (TPSA) is 41.6 Å². The lowest BCUT2D eigenvalue weighted by Gasteiger charge is -2.34. The number of ether oxygens (including phenoxy) is 1. The Bertz CT molecular complexity index is 939. The number of carbonyl (C=O) groups is 1. The molecule has 29 heavy (non-hydrogen) atoms. The molecule has 1 saturated heterocycles. The van der Waals surface area contributed by atoms with Crippen LogP contribution >= 0.6 is 0 Å². The molecule has 152 valence electrons. The largest absolute Gasteiger partial charge is 0.445 e. The maximum atomic E-state index is 12.5. The number of likely N-dealkylation sites (tertiary alicyclic amines) is 1. The summed E-state index contributed by atoms with van der Waals surface area (Å²) in [5.41, 5.74) is 2.20. The summed E-state index contributed by atoms with van der Waals surface area (Å²) in [6.07, 6.45) is 5.56. The van der Waals surface area contributed by atoms with Gasteiger partial charge in [0.25, 0.3) is 0 Å². The first kappa shape index (κ1) is 20.9. The summed E-state index contributed by atoms with van der Waals surface area (Å²) in [6, 6.07) is 16.3. The summed E-state index contributed by atoms with van der Waals surface area (Å²) in [7, 11) is 0. The van der Waals surface area contributed by atoms with Crippen LogP contribution < -0.4 is 15.8 Å². The van der Waals surface area contributed by atoms with Crippen molar-refractivity contribution in [3.05, 3.63) is 82.8 Å². The summed E-state index contributed by atoms with van der Waals surface area (Å²) < 4.78 is 5.51. The predicted molar refractivity (Wildman–Crippen MR) is 119 cm³/mol.